The third kappa shape index (κ3) is 2.37. The molecule has 1 atom stereocenters. The van der Waals surface area contributed by atoms with Gasteiger partial charge in [-0.1, -0.05) is 18.2 Å². The summed E-state index contributed by atoms with van der Waals surface area (Å²) in [6.07, 6.45) is 0.829. The average molecular weight is 264 g/mol. The minimum Gasteiger partial charge on any atom is -0.357 e. The van der Waals surface area contributed by atoms with Crippen molar-refractivity contribution >= 4 is 10.9 Å². The van der Waals surface area contributed by atoms with Crippen LogP contribution in [0.2, 0.25) is 0 Å². The predicted molar refractivity (Wildman–Crippen MR) is 72.5 cm³/mol. The molecular formula is C15H18F2N2. The van der Waals surface area contributed by atoms with Gasteiger partial charge in [0.05, 0.1) is 6.54 Å². The van der Waals surface area contributed by atoms with Crippen molar-refractivity contribution in [3.63, 3.8) is 0 Å². The van der Waals surface area contributed by atoms with E-state index in [9.17, 15) is 8.78 Å². The van der Waals surface area contributed by atoms with Crippen LogP contribution >= 0.6 is 0 Å². The van der Waals surface area contributed by atoms with Crippen molar-refractivity contribution in [2.24, 2.45) is 0 Å². The van der Waals surface area contributed by atoms with E-state index >= 15 is 0 Å². The molecule has 1 N–H and O–H groups in total. The summed E-state index contributed by atoms with van der Waals surface area (Å²) in [5.74, 6) is -2.64. The highest BCUT2D eigenvalue weighted by molar-refractivity contribution is 5.84. The van der Waals surface area contributed by atoms with Crippen molar-refractivity contribution in [1.82, 2.24) is 9.88 Å². The molecule has 0 unspecified atom stereocenters. The summed E-state index contributed by atoms with van der Waals surface area (Å²) in [7, 11) is 0. The van der Waals surface area contributed by atoms with Gasteiger partial charge in [-0.2, -0.15) is 0 Å². The van der Waals surface area contributed by atoms with Crippen LogP contribution in [-0.2, 0) is 13.0 Å². The molecule has 0 saturated heterocycles. The van der Waals surface area contributed by atoms with Crippen LogP contribution in [0.25, 0.3) is 10.9 Å². The zero-order chi connectivity index (χ0) is 13.6. The van der Waals surface area contributed by atoms with Gasteiger partial charge in [0, 0.05) is 36.1 Å². The lowest BCUT2D eigenvalue weighted by Crippen LogP contribution is -2.44. The van der Waals surface area contributed by atoms with Crippen molar-refractivity contribution in [1.29, 1.82) is 0 Å². The third-order valence-electron chi connectivity index (χ3n) is 3.87. The van der Waals surface area contributed by atoms with Crippen LogP contribution < -0.4 is 0 Å². The normalized spacial score (nSPS) is 20.7. The van der Waals surface area contributed by atoms with Gasteiger partial charge in [-0.25, -0.2) is 8.78 Å². The number of hydrogen-bond donors (Lipinski definition) is 1. The molecule has 1 aromatic heterocycles. The number of nitrogens with one attached hydrogen (secondary N) is 1. The molecule has 2 nitrogen and oxygen atoms in total. The van der Waals surface area contributed by atoms with Crippen LogP contribution in [-0.4, -0.2) is 28.4 Å². The zero-order valence-corrected chi connectivity index (χ0v) is 11.2. The summed E-state index contributed by atoms with van der Waals surface area (Å²) >= 11 is 0. The Morgan fingerprint density at radius 1 is 1.37 bits per heavy atom. The quantitative estimate of drug-likeness (QED) is 0.878. The van der Waals surface area contributed by atoms with Gasteiger partial charge in [-0.05, 0) is 25.0 Å². The molecule has 19 heavy (non-hydrogen) atoms. The van der Waals surface area contributed by atoms with Crippen molar-refractivity contribution in [3.8, 4) is 0 Å². The van der Waals surface area contributed by atoms with Gasteiger partial charge in [0.25, 0.3) is 5.92 Å². The first-order valence-corrected chi connectivity index (χ1v) is 6.64. The van der Waals surface area contributed by atoms with Crippen LogP contribution in [0.1, 0.15) is 25.1 Å². The maximum Gasteiger partial charge on any atom is 0.257 e. The molecule has 2 heterocycles. The number of nitrogens with zero attached hydrogens (tertiary/aromatic N) is 1. The molecule has 102 valence electrons. The third-order valence-corrected chi connectivity index (χ3v) is 3.87. The molecule has 1 aromatic carbocycles. The topological polar surface area (TPSA) is 19.0 Å². The smallest absolute Gasteiger partial charge is 0.257 e. The van der Waals surface area contributed by atoms with E-state index in [1.807, 2.05) is 30.0 Å². The Morgan fingerprint density at radius 2 is 2.11 bits per heavy atom. The molecule has 0 saturated carbocycles. The Hall–Kier alpha value is -1.42. The first kappa shape index (κ1) is 12.6. The van der Waals surface area contributed by atoms with E-state index < -0.39 is 5.92 Å². The number of benzene rings is 1. The van der Waals surface area contributed by atoms with E-state index in [-0.39, 0.29) is 12.6 Å². The molecule has 2 aromatic rings. The van der Waals surface area contributed by atoms with Crippen LogP contribution in [0, 0.1) is 0 Å². The van der Waals surface area contributed by atoms with Crippen LogP contribution in [0.4, 0.5) is 8.78 Å². The molecule has 0 radical (unpaired) electrons. The Morgan fingerprint density at radius 3 is 2.84 bits per heavy atom. The van der Waals surface area contributed by atoms with Gasteiger partial charge in [-0.15, -0.1) is 0 Å². The standard InChI is InChI=1S/C15H18F2N2/c1-10-7-12-11-5-3-4-6-13(11)18-14(12)8-19(10)9-15(2,16)17/h3-6,10,18H,7-9H2,1-2H3/t10-/m1/s1. The molecular weight excluding hydrogens is 246 g/mol. The number of rotatable bonds is 2. The lowest BCUT2D eigenvalue weighted by Gasteiger charge is -2.34. The van der Waals surface area contributed by atoms with Gasteiger partial charge in [-0.3, -0.25) is 4.90 Å². The highest BCUT2D eigenvalue weighted by Gasteiger charge is 2.32. The molecule has 0 aliphatic carbocycles. The second kappa shape index (κ2) is 4.30. The van der Waals surface area contributed by atoms with Crippen molar-refractivity contribution in [3.05, 3.63) is 35.5 Å². The summed E-state index contributed by atoms with van der Waals surface area (Å²) in [6, 6.07) is 8.30. The maximum absolute atomic E-state index is 13.2. The van der Waals surface area contributed by atoms with E-state index in [1.54, 1.807) is 0 Å². The number of para-hydroxylation sites is 1. The number of hydrogen-bond acceptors (Lipinski definition) is 1. The molecule has 0 bridgehead atoms. The Bertz CT molecular complexity index is 598. The maximum atomic E-state index is 13.2. The average Bonchev–Trinajstić information content (AvgIpc) is 2.66. The number of halogens is 2. The molecule has 0 amide bonds. The second-order valence-electron chi connectivity index (χ2n) is 5.66. The van der Waals surface area contributed by atoms with Gasteiger partial charge >= 0.3 is 0 Å². The van der Waals surface area contributed by atoms with Crippen LogP contribution in [0.3, 0.4) is 0 Å². The first-order valence-electron chi connectivity index (χ1n) is 6.64. The lowest BCUT2D eigenvalue weighted by molar-refractivity contribution is -0.0293. The summed E-state index contributed by atoms with van der Waals surface area (Å²) in [5.41, 5.74) is 3.48. The van der Waals surface area contributed by atoms with Gasteiger partial charge in [0.2, 0.25) is 0 Å². The van der Waals surface area contributed by atoms with E-state index in [1.165, 1.54) is 10.9 Å². The van der Waals surface area contributed by atoms with Crippen molar-refractivity contribution in [2.45, 2.75) is 38.8 Å². The van der Waals surface area contributed by atoms with Crippen molar-refractivity contribution < 1.29 is 8.78 Å². The summed E-state index contributed by atoms with van der Waals surface area (Å²) in [4.78, 5) is 5.22. The minimum atomic E-state index is -2.64. The Labute approximate surface area is 111 Å². The van der Waals surface area contributed by atoms with E-state index in [4.69, 9.17) is 0 Å². The number of aromatic amines is 1. The molecule has 1 aliphatic heterocycles. The SMILES string of the molecule is C[C@@H]1Cc2c([nH]c3ccccc23)CN1CC(C)(F)F. The molecule has 1 aliphatic rings. The van der Waals surface area contributed by atoms with Crippen LogP contribution in [0.5, 0.6) is 0 Å². The zero-order valence-electron chi connectivity index (χ0n) is 11.2. The molecule has 0 fully saturated rings. The van der Waals surface area contributed by atoms with E-state index in [0.717, 1.165) is 24.6 Å². The fourth-order valence-electron chi connectivity index (χ4n) is 2.98. The van der Waals surface area contributed by atoms with Gasteiger partial charge in [0.15, 0.2) is 0 Å². The predicted octanol–water partition coefficient (Wildman–Crippen LogP) is 3.57. The van der Waals surface area contributed by atoms with Crippen molar-refractivity contribution in [2.75, 3.05) is 6.54 Å². The molecule has 0 spiro atoms. The van der Waals surface area contributed by atoms with E-state index in [2.05, 4.69) is 11.1 Å². The highest BCUT2D eigenvalue weighted by Crippen LogP contribution is 2.31. The fourth-order valence-corrected chi connectivity index (χ4v) is 2.98. The van der Waals surface area contributed by atoms with Gasteiger partial charge < -0.3 is 4.98 Å². The summed E-state index contributed by atoms with van der Waals surface area (Å²) in [6.45, 7) is 3.41. The largest absolute Gasteiger partial charge is 0.357 e. The molecule has 4 heteroatoms. The fraction of sp³-hybridized carbons (Fsp3) is 0.467. The number of alkyl halides is 2. The summed E-state index contributed by atoms with van der Waals surface area (Å²) < 4.78 is 26.4. The molecule has 3 rings (SSSR count). The first-order chi connectivity index (χ1) is 8.94. The number of aromatic nitrogens is 1. The highest BCUT2D eigenvalue weighted by atomic mass is 19.3. The monoisotopic (exact) mass is 264 g/mol. The minimum absolute atomic E-state index is 0.150. The number of fused-ring (bicyclic) bond motifs is 3. The summed E-state index contributed by atoms with van der Waals surface area (Å²) in [5, 5.41) is 1.23. The second-order valence-corrected chi connectivity index (χ2v) is 5.66. The lowest BCUT2D eigenvalue weighted by atomic mass is 9.97. The van der Waals surface area contributed by atoms with Crippen LogP contribution in [0.15, 0.2) is 24.3 Å². The van der Waals surface area contributed by atoms with E-state index in [0.29, 0.717) is 6.54 Å². The number of H-pyrrole nitrogens is 1. The Kier molecular flexibility index (Phi) is 2.86. The Balaban J connectivity index is 1.95. The van der Waals surface area contributed by atoms with Gasteiger partial charge in [0.1, 0.15) is 0 Å².